The molecule has 2 aliphatic rings. The second kappa shape index (κ2) is 4.45. The van der Waals surface area contributed by atoms with E-state index in [9.17, 15) is 0 Å². The minimum Gasteiger partial charge on any atom is -0.370 e. The third kappa shape index (κ3) is 2.89. The fraction of sp³-hybridized carbons (Fsp3) is 0.692. The van der Waals surface area contributed by atoms with Crippen molar-refractivity contribution in [2.75, 3.05) is 11.9 Å². The first-order valence-corrected chi connectivity index (χ1v) is 6.88. The van der Waals surface area contributed by atoms with Crippen molar-refractivity contribution in [2.24, 2.45) is 11.8 Å². The van der Waals surface area contributed by atoms with E-state index in [2.05, 4.69) is 22.2 Å². The van der Waals surface area contributed by atoms with Crippen molar-refractivity contribution in [3.8, 4) is 0 Å². The maximum atomic E-state index is 6.02. The summed E-state index contributed by atoms with van der Waals surface area (Å²) in [7, 11) is 0. The SMILES string of the molecule is CC(CNc1cc(Cl)nc(C2CC2)n1)C1CC1. The van der Waals surface area contributed by atoms with E-state index in [1.165, 1.54) is 25.7 Å². The second-order valence-corrected chi connectivity index (χ2v) is 5.79. The van der Waals surface area contributed by atoms with E-state index in [0.29, 0.717) is 11.1 Å². The monoisotopic (exact) mass is 251 g/mol. The Kier molecular flexibility index (Phi) is 2.95. The molecule has 3 nitrogen and oxygen atoms in total. The quantitative estimate of drug-likeness (QED) is 0.815. The Bertz CT molecular complexity index is 413. The Labute approximate surface area is 107 Å². The van der Waals surface area contributed by atoms with Crippen LogP contribution in [0.2, 0.25) is 5.15 Å². The first-order chi connectivity index (χ1) is 8.22. The first kappa shape index (κ1) is 11.3. The van der Waals surface area contributed by atoms with Gasteiger partial charge in [0.2, 0.25) is 0 Å². The standard InChI is InChI=1S/C13H18ClN3/c1-8(9-2-3-9)7-15-12-6-11(14)16-13(17-12)10-4-5-10/h6,8-10H,2-5,7H2,1H3,(H,15,16,17). The molecule has 2 saturated carbocycles. The van der Waals surface area contributed by atoms with Crippen molar-refractivity contribution in [3.63, 3.8) is 0 Å². The van der Waals surface area contributed by atoms with Crippen molar-refractivity contribution in [1.82, 2.24) is 9.97 Å². The van der Waals surface area contributed by atoms with Crippen LogP contribution in [0.1, 0.15) is 44.3 Å². The minimum absolute atomic E-state index is 0.551. The summed E-state index contributed by atoms with van der Waals surface area (Å²) in [5.41, 5.74) is 0. The molecule has 1 atom stereocenters. The Balaban J connectivity index is 1.64. The molecular weight excluding hydrogens is 234 g/mol. The molecule has 0 saturated heterocycles. The first-order valence-electron chi connectivity index (χ1n) is 6.50. The highest BCUT2D eigenvalue weighted by Crippen LogP contribution is 2.39. The fourth-order valence-electron chi connectivity index (χ4n) is 2.15. The number of aromatic nitrogens is 2. The van der Waals surface area contributed by atoms with Gasteiger partial charge in [-0.3, -0.25) is 0 Å². The number of hydrogen-bond donors (Lipinski definition) is 1. The molecule has 0 radical (unpaired) electrons. The van der Waals surface area contributed by atoms with Crippen LogP contribution in [-0.2, 0) is 0 Å². The molecule has 2 fully saturated rings. The lowest BCUT2D eigenvalue weighted by Crippen LogP contribution is -2.14. The van der Waals surface area contributed by atoms with Crippen molar-refractivity contribution < 1.29 is 0 Å². The van der Waals surface area contributed by atoms with Crippen molar-refractivity contribution >= 4 is 17.4 Å². The molecule has 0 spiro atoms. The van der Waals surface area contributed by atoms with Crippen LogP contribution in [0.15, 0.2) is 6.07 Å². The zero-order chi connectivity index (χ0) is 11.8. The van der Waals surface area contributed by atoms with Gasteiger partial charge in [0, 0.05) is 18.5 Å². The third-order valence-electron chi connectivity index (χ3n) is 3.69. The van der Waals surface area contributed by atoms with E-state index >= 15 is 0 Å². The van der Waals surface area contributed by atoms with E-state index in [1.54, 1.807) is 0 Å². The van der Waals surface area contributed by atoms with Crippen molar-refractivity contribution in [1.29, 1.82) is 0 Å². The van der Waals surface area contributed by atoms with E-state index < -0.39 is 0 Å². The summed E-state index contributed by atoms with van der Waals surface area (Å²) < 4.78 is 0. The predicted octanol–water partition coefficient (Wildman–Crippen LogP) is 3.47. The lowest BCUT2D eigenvalue weighted by Gasteiger charge is -2.12. The maximum Gasteiger partial charge on any atom is 0.135 e. The predicted molar refractivity (Wildman–Crippen MR) is 69.4 cm³/mol. The molecule has 3 rings (SSSR count). The number of nitrogens with zero attached hydrogens (tertiary/aromatic N) is 2. The molecule has 92 valence electrons. The number of anilines is 1. The minimum atomic E-state index is 0.551. The van der Waals surface area contributed by atoms with Gasteiger partial charge in [0.1, 0.15) is 16.8 Å². The third-order valence-corrected chi connectivity index (χ3v) is 3.88. The summed E-state index contributed by atoms with van der Waals surface area (Å²) in [6.07, 6.45) is 5.19. The van der Waals surface area contributed by atoms with E-state index in [0.717, 1.165) is 30.0 Å². The summed E-state index contributed by atoms with van der Waals surface area (Å²) in [5, 5.41) is 3.95. The molecule has 1 N–H and O–H groups in total. The Hall–Kier alpha value is -0.830. The molecule has 17 heavy (non-hydrogen) atoms. The van der Waals surface area contributed by atoms with Crippen LogP contribution in [0.25, 0.3) is 0 Å². The molecule has 1 unspecified atom stereocenters. The Morgan fingerprint density at radius 2 is 2.12 bits per heavy atom. The highest BCUT2D eigenvalue weighted by atomic mass is 35.5. The van der Waals surface area contributed by atoms with Crippen molar-refractivity contribution in [2.45, 2.75) is 38.5 Å². The maximum absolute atomic E-state index is 6.02. The van der Waals surface area contributed by atoms with Crippen LogP contribution >= 0.6 is 11.6 Å². The van der Waals surface area contributed by atoms with Crippen LogP contribution in [0.5, 0.6) is 0 Å². The lowest BCUT2D eigenvalue weighted by molar-refractivity contribution is 0.535. The summed E-state index contributed by atoms with van der Waals surface area (Å²) in [4.78, 5) is 8.83. The van der Waals surface area contributed by atoms with Gasteiger partial charge in [-0.25, -0.2) is 9.97 Å². The average molecular weight is 252 g/mol. The topological polar surface area (TPSA) is 37.8 Å². The van der Waals surface area contributed by atoms with Crippen LogP contribution in [0.4, 0.5) is 5.82 Å². The van der Waals surface area contributed by atoms with Crippen LogP contribution < -0.4 is 5.32 Å². The van der Waals surface area contributed by atoms with E-state index in [1.807, 2.05) is 6.07 Å². The Morgan fingerprint density at radius 3 is 2.76 bits per heavy atom. The van der Waals surface area contributed by atoms with Crippen molar-refractivity contribution in [3.05, 3.63) is 17.0 Å². The van der Waals surface area contributed by atoms with Gasteiger partial charge in [-0.2, -0.15) is 0 Å². The van der Waals surface area contributed by atoms with Gasteiger partial charge < -0.3 is 5.32 Å². The number of rotatable bonds is 5. The van der Waals surface area contributed by atoms with Gasteiger partial charge in [0.15, 0.2) is 0 Å². The van der Waals surface area contributed by atoms with Crippen LogP contribution in [-0.4, -0.2) is 16.5 Å². The molecule has 0 amide bonds. The molecule has 2 aliphatic carbocycles. The van der Waals surface area contributed by atoms with E-state index in [-0.39, 0.29) is 0 Å². The largest absolute Gasteiger partial charge is 0.370 e. The molecule has 1 heterocycles. The van der Waals surface area contributed by atoms with Gasteiger partial charge >= 0.3 is 0 Å². The summed E-state index contributed by atoms with van der Waals surface area (Å²) >= 11 is 6.02. The number of nitrogens with one attached hydrogen (secondary N) is 1. The summed E-state index contributed by atoms with van der Waals surface area (Å²) in [6.45, 7) is 3.29. The average Bonchev–Trinajstić information content (AvgIpc) is 3.19. The summed E-state index contributed by atoms with van der Waals surface area (Å²) in [6, 6.07) is 1.83. The second-order valence-electron chi connectivity index (χ2n) is 5.40. The van der Waals surface area contributed by atoms with Gasteiger partial charge in [-0.1, -0.05) is 18.5 Å². The van der Waals surface area contributed by atoms with Gasteiger partial charge in [-0.15, -0.1) is 0 Å². The van der Waals surface area contributed by atoms with Crippen LogP contribution in [0.3, 0.4) is 0 Å². The van der Waals surface area contributed by atoms with Gasteiger partial charge in [0.25, 0.3) is 0 Å². The van der Waals surface area contributed by atoms with Gasteiger partial charge in [0.05, 0.1) is 0 Å². The number of halogens is 1. The highest BCUT2D eigenvalue weighted by molar-refractivity contribution is 6.29. The molecular formula is C13H18ClN3. The highest BCUT2D eigenvalue weighted by Gasteiger charge is 2.29. The molecule has 4 heteroatoms. The molecule has 1 aromatic heterocycles. The summed E-state index contributed by atoms with van der Waals surface area (Å²) in [5.74, 6) is 4.00. The zero-order valence-corrected chi connectivity index (χ0v) is 10.9. The normalized spacial score (nSPS) is 21.3. The molecule has 0 aromatic carbocycles. The molecule has 0 bridgehead atoms. The van der Waals surface area contributed by atoms with Gasteiger partial charge in [-0.05, 0) is 37.5 Å². The van der Waals surface area contributed by atoms with Crippen LogP contribution in [0, 0.1) is 11.8 Å². The smallest absolute Gasteiger partial charge is 0.135 e. The fourth-order valence-corrected chi connectivity index (χ4v) is 2.34. The lowest BCUT2D eigenvalue weighted by atomic mass is 10.1. The Morgan fingerprint density at radius 1 is 1.35 bits per heavy atom. The molecule has 0 aliphatic heterocycles. The number of hydrogen-bond acceptors (Lipinski definition) is 3. The zero-order valence-electron chi connectivity index (χ0n) is 10.1. The molecule has 1 aromatic rings. The van der Waals surface area contributed by atoms with E-state index in [4.69, 9.17) is 11.6 Å².